The molecule has 0 amide bonds. The fourth-order valence-corrected chi connectivity index (χ4v) is 1.56. The molecule has 1 aromatic carbocycles. The molecule has 0 spiro atoms. The summed E-state index contributed by atoms with van der Waals surface area (Å²) in [6.45, 7) is 5.31. The van der Waals surface area contributed by atoms with Crippen molar-refractivity contribution >= 4 is 11.1 Å². The van der Waals surface area contributed by atoms with Gasteiger partial charge in [-0.25, -0.2) is 4.98 Å². The summed E-state index contributed by atoms with van der Waals surface area (Å²) < 4.78 is 5.19. The van der Waals surface area contributed by atoms with Gasteiger partial charge in [0.05, 0.1) is 0 Å². The van der Waals surface area contributed by atoms with E-state index >= 15 is 0 Å². The van der Waals surface area contributed by atoms with Crippen molar-refractivity contribution < 1.29 is 4.42 Å². The van der Waals surface area contributed by atoms with Crippen molar-refractivity contribution in [2.45, 2.75) is 26.3 Å². The van der Waals surface area contributed by atoms with Crippen LogP contribution in [0.2, 0.25) is 0 Å². The molecule has 0 bridgehead atoms. The summed E-state index contributed by atoms with van der Waals surface area (Å²) in [6, 6.07) is 6.70. The minimum atomic E-state index is 0.542. The third-order valence-electron chi connectivity index (χ3n) is 2.36. The second kappa shape index (κ2) is 4.45. The van der Waals surface area contributed by atoms with Crippen LogP contribution >= 0.6 is 0 Å². The smallest absolute Gasteiger partial charge is 0.181 e. The molecule has 2 rings (SSSR count). The van der Waals surface area contributed by atoms with Gasteiger partial charge in [0.25, 0.3) is 0 Å². The van der Waals surface area contributed by atoms with E-state index in [0.717, 1.165) is 24.1 Å². The molecular formula is C12H16N2O. The number of fused-ring (bicyclic) bond motifs is 1. The summed E-state index contributed by atoms with van der Waals surface area (Å²) in [4.78, 5) is 4.14. The van der Waals surface area contributed by atoms with E-state index in [1.807, 2.05) is 6.07 Å². The molecule has 0 fully saturated rings. The van der Waals surface area contributed by atoms with Crippen molar-refractivity contribution in [1.82, 2.24) is 10.3 Å². The van der Waals surface area contributed by atoms with E-state index < -0.39 is 0 Å². The Bertz CT molecular complexity index is 434. The summed E-state index contributed by atoms with van der Waals surface area (Å²) in [5.74, 6) is 0. The summed E-state index contributed by atoms with van der Waals surface area (Å²) >= 11 is 0. The number of benzene rings is 1. The first-order valence-corrected chi connectivity index (χ1v) is 5.31. The zero-order chi connectivity index (χ0) is 10.7. The molecule has 2 aromatic rings. The van der Waals surface area contributed by atoms with E-state index in [2.05, 4.69) is 36.3 Å². The molecule has 0 atom stereocenters. The highest BCUT2D eigenvalue weighted by Crippen LogP contribution is 2.14. The van der Waals surface area contributed by atoms with Gasteiger partial charge in [-0.2, -0.15) is 0 Å². The topological polar surface area (TPSA) is 38.1 Å². The van der Waals surface area contributed by atoms with Gasteiger partial charge in [-0.15, -0.1) is 0 Å². The lowest BCUT2D eigenvalue weighted by Gasteiger charge is -2.07. The monoisotopic (exact) mass is 204 g/mol. The lowest BCUT2D eigenvalue weighted by molar-refractivity contribution is 0.590. The molecule has 80 valence electrons. The van der Waals surface area contributed by atoms with Crippen LogP contribution in [0.25, 0.3) is 11.1 Å². The highest BCUT2D eigenvalue weighted by molar-refractivity contribution is 5.72. The fraction of sp³-hybridized carbons (Fsp3) is 0.417. The van der Waals surface area contributed by atoms with E-state index in [-0.39, 0.29) is 0 Å². The quantitative estimate of drug-likeness (QED) is 0.830. The van der Waals surface area contributed by atoms with Crippen LogP contribution in [0.4, 0.5) is 0 Å². The minimum Gasteiger partial charge on any atom is -0.443 e. The van der Waals surface area contributed by atoms with Gasteiger partial charge in [-0.1, -0.05) is 19.9 Å². The normalized spacial score (nSPS) is 11.4. The SMILES string of the molecule is CC(C)NCCc1ccc2ocnc2c1. The second-order valence-corrected chi connectivity index (χ2v) is 4.01. The standard InChI is InChI=1S/C12H16N2O/c1-9(2)13-6-5-10-3-4-12-11(7-10)14-8-15-12/h3-4,7-9,13H,5-6H2,1-2H3. The number of aromatic nitrogens is 1. The molecule has 0 radical (unpaired) electrons. The van der Waals surface area contributed by atoms with Gasteiger partial charge in [-0.3, -0.25) is 0 Å². The molecule has 1 N–H and O–H groups in total. The Kier molecular flexibility index (Phi) is 3.02. The zero-order valence-corrected chi connectivity index (χ0v) is 9.16. The Morgan fingerprint density at radius 3 is 3.07 bits per heavy atom. The zero-order valence-electron chi connectivity index (χ0n) is 9.16. The van der Waals surface area contributed by atoms with Crippen LogP contribution in [0.5, 0.6) is 0 Å². The number of hydrogen-bond acceptors (Lipinski definition) is 3. The number of rotatable bonds is 4. The molecular weight excluding hydrogens is 188 g/mol. The molecule has 3 heteroatoms. The summed E-state index contributed by atoms with van der Waals surface area (Å²) in [7, 11) is 0. The van der Waals surface area contributed by atoms with Crippen molar-refractivity contribution in [3.05, 3.63) is 30.2 Å². The molecule has 1 aromatic heterocycles. The summed E-state index contributed by atoms with van der Waals surface area (Å²) in [6.07, 6.45) is 2.52. The Morgan fingerprint density at radius 1 is 1.40 bits per heavy atom. The Morgan fingerprint density at radius 2 is 2.27 bits per heavy atom. The predicted octanol–water partition coefficient (Wildman–Crippen LogP) is 2.37. The van der Waals surface area contributed by atoms with Crippen LogP contribution in [0.1, 0.15) is 19.4 Å². The first-order chi connectivity index (χ1) is 7.25. The summed E-state index contributed by atoms with van der Waals surface area (Å²) in [5.41, 5.74) is 3.09. The van der Waals surface area contributed by atoms with Gasteiger partial charge < -0.3 is 9.73 Å². The van der Waals surface area contributed by atoms with E-state index in [1.54, 1.807) is 0 Å². The highest BCUT2D eigenvalue weighted by Gasteiger charge is 2.00. The van der Waals surface area contributed by atoms with E-state index in [1.165, 1.54) is 12.0 Å². The van der Waals surface area contributed by atoms with E-state index in [4.69, 9.17) is 4.42 Å². The third kappa shape index (κ3) is 2.57. The van der Waals surface area contributed by atoms with Gasteiger partial charge in [0.1, 0.15) is 5.52 Å². The molecule has 0 unspecified atom stereocenters. The lowest BCUT2D eigenvalue weighted by atomic mass is 10.1. The second-order valence-electron chi connectivity index (χ2n) is 4.01. The average molecular weight is 204 g/mol. The van der Waals surface area contributed by atoms with Crippen LogP contribution in [-0.2, 0) is 6.42 Å². The number of hydrogen-bond donors (Lipinski definition) is 1. The molecule has 1 heterocycles. The first kappa shape index (κ1) is 10.2. The van der Waals surface area contributed by atoms with Crippen LogP contribution < -0.4 is 5.32 Å². The molecule has 15 heavy (non-hydrogen) atoms. The van der Waals surface area contributed by atoms with E-state index in [0.29, 0.717) is 6.04 Å². The lowest BCUT2D eigenvalue weighted by Crippen LogP contribution is -2.24. The third-order valence-corrected chi connectivity index (χ3v) is 2.36. The van der Waals surface area contributed by atoms with Crippen molar-refractivity contribution in [3.8, 4) is 0 Å². The predicted molar refractivity (Wildman–Crippen MR) is 60.9 cm³/mol. The van der Waals surface area contributed by atoms with Crippen LogP contribution in [0.3, 0.4) is 0 Å². The van der Waals surface area contributed by atoms with Gasteiger partial charge >= 0.3 is 0 Å². The van der Waals surface area contributed by atoms with Crippen molar-refractivity contribution in [2.24, 2.45) is 0 Å². The first-order valence-electron chi connectivity index (χ1n) is 5.31. The Balaban J connectivity index is 2.02. The van der Waals surface area contributed by atoms with E-state index in [9.17, 15) is 0 Å². The molecule has 0 aliphatic rings. The minimum absolute atomic E-state index is 0.542. The molecule has 3 nitrogen and oxygen atoms in total. The van der Waals surface area contributed by atoms with Gasteiger partial charge in [-0.05, 0) is 30.7 Å². The number of nitrogens with one attached hydrogen (secondary N) is 1. The molecule has 0 saturated heterocycles. The Hall–Kier alpha value is -1.35. The number of nitrogens with zero attached hydrogens (tertiary/aromatic N) is 1. The maximum atomic E-state index is 5.19. The molecule has 0 aliphatic heterocycles. The van der Waals surface area contributed by atoms with Gasteiger partial charge in [0.2, 0.25) is 0 Å². The van der Waals surface area contributed by atoms with Gasteiger partial charge in [0, 0.05) is 6.04 Å². The maximum Gasteiger partial charge on any atom is 0.181 e. The Labute approximate surface area is 89.5 Å². The number of oxazole rings is 1. The van der Waals surface area contributed by atoms with Crippen molar-refractivity contribution in [2.75, 3.05) is 6.54 Å². The molecule has 0 aliphatic carbocycles. The van der Waals surface area contributed by atoms with Gasteiger partial charge in [0.15, 0.2) is 12.0 Å². The largest absolute Gasteiger partial charge is 0.443 e. The average Bonchev–Trinajstić information content (AvgIpc) is 2.64. The van der Waals surface area contributed by atoms with Crippen LogP contribution in [0.15, 0.2) is 29.0 Å². The van der Waals surface area contributed by atoms with Crippen LogP contribution in [0, 0.1) is 0 Å². The maximum absolute atomic E-state index is 5.19. The summed E-state index contributed by atoms with van der Waals surface area (Å²) in [5, 5.41) is 3.39. The van der Waals surface area contributed by atoms with Crippen LogP contribution in [-0.4, -0.2) is 17.6 Å². The molecule has 0 saturated carbocycles. The van der Waals surface area contributed by atoms with Crippen molar-refractivity contribution in [1.29, 1.82) is 0 Å². The highest BCUT2D eigenvalue weighted by atomic mass is 16.3. The van der Waals surface area contributed by atoms with Crippen molar-refractivity contribution in [3.63, 3.8) is 0 Å². The fourth-order valence-electron chi connectivity index (χ4n) is 1.56.